The van der Waals surface area contributed by atoms with Gasteiger partial charge in [0.25, 0.3) is 0 Å². The molecule has 0 bridgehead atoms. The molecule has 2 rings (SSSR count). The molecule has 1 aliphatic heterocycles. The summed E-state index contributed by atoms with van der Waals surface area (Å²) in [6.07, 6.45) is 0.522. The molecule has 138 valence electrons. The lowest BCUT2D eigenvalue weighted by Crippen LogP contribution is -2.35. The Balaban J connectivity index is 1.75. The van der Waals surface area contributed by atoms with E-state index in [1.165, 1.54) is 35.1 Å². The average molecular weight is 365 g/mol. The maximum Gasteiger partial charge on any atom is 0.409 e. The van der Waals surface area contributed by atoms with Crippen LogP contribution in [-0.2, 0) is 16.0 Å². The van der Waals surface area contributed by atoms with Gasteiger partial charge in [-0.1, -0.05) is 12.1 Å². The Hall–Kier alpha value is -1.73. The quantitative estimate of drug-likeness (QED) is 0.803. The summed E-state index contributed by atoms with van der Waals surface area (Å²) < 4.78 is 4.85. The van der Waals surface area contributed by atoms with Crippen molar-refractivity contribution in [2.75, 3.05) is 56.7 Å². The largest absolute Gasteiger partial charge is 0.450 e. The van der Waals surface area contributed by atoms with Crippen molar-refractivity contribution in [3.63, 3.8) is 0 Å². The summed E-state index contributed by atoms with van der Waals surface area (Å²) in [7, 11) is 1.54. The van der Waals surface area contributed by atoms with E-state index in [0.29, 0.717) is 6.61 Å². The molecule has 0 aliphatic carbocycles. The van der Waals surface area contributed by atoms with Gasteiger partial charge in [0.1, 0.15) is 6.54 Å². The van der Waals surface area contributed by atoms with Crippen LogP contribution in [-0.4, -0.2) is 73.1 Å². The molecular weight excluding hydrogens is 338 g/mol. The van der Waals surface area contributed by atoms with E-state index in [1.807, 2.05) is 36.0 Å². The Morgan fingerprint density at radius 1 is 1.24 bits per heavy atom. The molecule has 1 N–H and O–H groups in total. The summed E-state index contributed by atoms with van der Waals surface area (Å²) in [5.74, 6) is 2.21. The average Bonchev–Trinajstić information content (AvgIpc) is 2.62. The van der Waals surface area contributed by atoms with Gasteiger partial charge in [-0.2, -0.15) is 11.8 Å². The van der Waals surface area contributed by atoms with Gasteiger partial charge in [-0.25, -0.2) is 4.79 Å². The van der Waals surface area contributed by atoms with Crippen molar-refractivity contribution < 1.29 is 14.3 Å². The number of anilines is 1. The number of thioether (sulfide) groups is 1. The zero-order chi connectivity index (χ0) is 18.1. The zero-order valence-electron chi connectivity index (χ0n) is 15.0. The van der Waals surface area contributed by atoms with Gasteiger partial charge in [-0.05, 0) is 31.0 Å². The number of carbonyl (C=O) groups is 2. The third-order valence-electron chi connectivity index (χ3n) is 4.02. The molecule has 1 aromatic carbocycles. The maximum absolute atomic E-state index is 12.0. The molecular formula is C18H27N3O3S. The third-order valence-corrected chi connectivity index (χ3v) is 4.96. The van der Waals surface area contributed by atoms with Crippen molar-refractivity contribution in [3.8, 4) is 0 Å². The lowest BCUT2D eigenvalue weighted by Gasteiger charge is -2.26. The number of nitrogens with zero attached hydrogens (tertiary/aromatic N) is 2. The lowest BCUT2D eigenvalue weighted by molar-refractivity contribution is -0.116. The fourth-order valence-corrected chi connectivity index (χ4v) is 3.56. The summed E-state index contributed by atoms with van der Waals surface area (Å²) in [6, 6.07) is 7.90. The first-order chi connectivity index (χ1) is 12.1. The van der Waals surface area contributed by atoms with Crippen molar-refractivity contribution in [2.45, 2.75) is 13.3 Å². The molecule has 0 spiro atoms. The Labute approximate surface area is 153 Å². The highest BCUT2D eigenvalue weighted by atomic mass is 32.2. The SMILES string of the molecule is CCOC(=O)N(C)CC(=O)Nc1ccc(CCN2CCSCC2)cc1. The van der Waals surface area contributed by atoms with E-state index in [1.54, 1.807) is 14.0 Å². The molecule has 0 aromatic heterocycles. The van der Waals surface area contributed by atoms with E-state index >= 15 is 0 Å². The number of likely N-dealkylation sites (N-methyl/N-ethyl adjacent to an activating group) is 1. The lowest BCUT2D eigenvalue weighted by atomic mass is 10.1. The predicted octanol–water partition coefficient (Wildman–Crippen LogP) is 2.30. The van der Waals surface area contributed by atoms with Gasteiger partial charge in [-0.15, -0.1) is 0 Å². The number of ether oxygens (including phenoxy) is 1. The van der Waals surface area contributed by atoms with Crippen LogP contribution in [0.4, 0.5) is 10.5 Å². The molecule has 2 amide bonds. The van der Waals surface area contributed by atoms with Crippen LogP contribution in [0.5, 0.6) is 0 Å². The van der Waals surface area contributed by atoms with Gasteiger partial charge >= 0.3 is 6.09 Å². The second kappa shape index (κ2) is 10.3. The van der Waals surface area contributed by atoms with Crippen LogP contribution in [0.3, 0.4) is 0 Å². The van der Waals surface area contributed by atoms with E-state index in [2.05, 4.69) is 10.2 Å². The van der Waals surface area contributed by atoms with Crippen LogP contribution in [0.15, 0.2) is 24.3 Å². The Kier molecular flexibility index (Phi) is 8.08. The molecule has 0 unspecified atom stereocenters. The molecule has 25 heavy (non-hydrogen) atoms. The minimum atomic E-state index is -0.496. The standard InChI is InChI=1S/C18H27N3O3S/c1-3-24-18(23)20(2)14-17(22)19-16-6-4-15(5-7-16)8-9-21-10-12-25-13-11-21/h4-7H,3,8-14H2,1-2H3,(H,19,22). The number of amides is 2. The van der Waals surface area contributed by atoms with E-state index in [0.717, 1.165) is 18.7 Å². The monoisotopic (exact) mass is 365 g/mol. The highest BCUT2D eigenvalue weighted by Crippen LogP contribution is 2.13. The van der Waals surface area contributed by atoms with Crippen LogP contribution in [0.2, 0.25) is 0 Å². The van der Waals surface area contributed by atoms with Crippen LogP contribution in [0, 0.1) is 0 Å². The molecule has 0 atom stereocenters. The number of rotatable bonds is 7. The second-order valence-electron chi connectivity index (χ2n) is 6.00. The molecule has 7 heteroatoms. The first kappa shape index (κ1) is 19.6. The number of carbonyl (C=O) groups excluding carboxylic acids is 2. The molecule has 0 saturated carbocycles. The third kappa shape index (κ3) is 6.96. The van der Waals surface area contributed by atoms with Crippen molar-refractivity contribution >= 4 is 29.4 Å². The van der Waals surface area contributed by atoms with E-state index in [4.69, 9.17) is 4.74 Å². The topological polar surface area (TPSA) is 61.9 Å². The smallest absolute Gasteiger partial charge is 0.409 e. The molecule has 1 aromatic rings. The maximum atomic E-state index is 12.0. The molecule has 6 nitrogen and oxygen atoms in total. The fraction of sp³-hybridized carbons (Fsp3) is 0.556. The van der Waals surface area contributed by atoms with E-state index in [9.17, 15) is 9.59 Å². The van der Waals surface area contributed by atoms with E-state index in [-0.39, 0.29) is 12.5 Å². The van der Waals surface area contributed by atoms with Crippen molar-refractivity contribution in [2.24, 2.45) is 0 Å². The predicted molar refractivity (Wildman–Crippen MR) is 102 cm³/mol. The highest BCUT2D eigenvalue weighted by molar-refractivity contribution is 7.99. The van der Waals surface area contributed by atoms with Crippen molar-refractivity contribution in [1.29, 1.82) is 0 Å². The van der Waals surface area contributed by atoms with Crippen LogP contribution < -0.4 is 5.32 Å². The molecule has 1 fully saturated rings. The van der Waals surface area contributed by atoms with Crippen LogP contribution in [0.1, 0.15) is 12.5 Å². The van der Waals surface area contributed by atoms with Crippen molar-refractivity contribution in [3.05, 3.63) is 29.8 Å². The second-order valence-corrected chi connectivity index (χ2v) is 7.23. The summed E-state index contributed by atoms with van der Waals surface area (Å²) in [6.45, 7) is 5.42. The van der Waals surface area contributed by atoms with Crippen LogP contribution >= 0.6 is 11.8 Å². The number of hydrogen-bond acceptors (Lipinski definition) is 5. The number of nitrogens with one attached hydrogen (secondary N) is 1. The molecule has 1 aliphatic rings. The van der Waals surface area contributed by atoms with E-state index < -0.39 is 6.09 Å². The minimum absolute atomic E-state index is 0.0342. The fourth-order valence-electron chi connectivity index (χ4n) is 2.58. The molecule has 1 saturated heterocycles. The summed E-state index contributed by atoms with van der Waals surface area (Å²) in [5, 5.41) is 2.80. The van der Waals surface area contributed by atoms with Gasteiger partial charge < -0.3 is 19.9 Å². The molecule has 0 radical (unpaired) electrons. The minimum Gasteiger partial charge on any atom is -0.450 e. The van der Waals surface area contributed by atoms with Crippen LogP contribution in [0.25, 0.3) is 0 Å². The van der Waals surface area contributed by atoms with Gasteiger partial charge in [0, 0.05) is 43.9 Å². The Bertz CT molecular complexity index is 559. The van der Waals surface area contributed by atoms with Gasteiger partial charge in [0.05, 0.1) is 6.61 Å². The number of hydrogen-bond donors (Lipinski definition) is 1. The first-order valence-corrected chi connectivity index (χ1v) is 9.80. The number of benzene rings is 1. The summed E-state index contributed by atoms with van der Waals surface area (Å²) >= 11 is 2.02. The molecule has 1 heterocycles. The zero-order valence-corrected chi connectivity index (χ0v) is 15.8. The Morgan fingerprint density at radius 2 is 1.92 bits per heavy atom. The normalized spacial score (nSPS) is 14.8. The van der Waals surface area contributed by atoms with Crippen molar-refractivity contribution in [1.82, 2.24) is 9.80 Å². The Morgan fingerprint density at radius 3 is 2.56 bits per heavy atom. The highest BCUT2D eigenvalue weighted by Gasteiger charge is 2.14. The van der Waals surface area contributed by atoms with Gasteiger partial charge in [0.15, 0.2) is 0 Å². The summed E-state index contributed by atoms with van der Waals surface area (Å²) in [5.41, 5.74) is 2.00. The van der Waals surface area contributed by atoms with Gasteiger partial charge in [0.2, 0.25) is 5.91 Å². The summed E-state index contributed by atoms with van der Waals surface area (Å²) in [4.78, 5) is 27.2. The van der Waals surface area contributed by atoms with Gasteiger partial charge in [-0.3, -0.25) is 4.79 Å². The first-order valence-electron chi connectivity index (χ1n) is 8.65.